The van der Waals surface area contributed by atoms with Gasteiger partial charge in [-0.2, -0.15) is 0 Å². The second-order valence-electron chi connectivity index (χ2n) is 3.68. The lowest BCUT2D eigenvalue weighted by Crippen LogP contribution is -2.04. The molecule has 1 rings (SSSR count). The maximum atomic E-state index is 10.4. The van der Waals surface area contributed by atoms with E-state index in [4.69, 9.17) is 18.9 Å². The summed E-state index contributed by atoms with van der Waals surface area (Å²) < 4.78 is 21.1. The van der Waals surface area contributed by atoms with Crippen LogP contribution < -0.4 is 14.2 Å². The van der Waals surface area contributed by atoms with E-state index in [0.29, 0.717) is 22.8 Å². The molecule has 1 unspecified atom stereocenters. The second kappa shape index (κ2) is 7.92. The van der Waals surface area contributed by atoms with E-state index in [1.165, 1.54) is 21.3 Å². The van der Waals surface area contributed by atoms with Crippen molar-refractivity contribution >= 4 is 0 Å². The largest absolute Gasteiger partial charge is 0.498 e. The van der Waals surface area contributed by atoms with E-state index in [-0.39, 0.29) is 6.61 Å². The third kappa shape index (κ3) is 3.56. The molecule has 0 saturated carbocycles. The minimum atomic E-state index is -0.737. The minimum Gasteiger partial charge on any atom is -0.498 e. The van der Waals surface area contributed by atoms with Gasteiger partial charge in [0.25, 0.3) is 0 Å². The molecule has 0 saturated heterocycles. The number of methoxy groups -OCH3 is 3. The van der Waals surface area contributed by atoms with Crippen LogP contribution in [0.15, 0.2) is 24.8 Å². The summed E-state index contributed by atoms with van der Waals surface area (Å²) in [5, 5.41) is 13.1. The summed E-state index contributed by atoms with van der Waals surface area (Å²) in [5.41, 5.74) is 0.612. The molecule has 20 heavy (non-hydrogen) atoms. The van der Waals surface area contributed by atoms with Gasteiger partial charge in [0.15, 0.2) is 11.5 Å². The van der Waals surface area contributed by atoms with Crippen LogP contribution in [-0.2, 0) is 4.74 Å². The molecule has 6 nitrogen and oxygen atoms in total. The molecular formula is C14H17NO5. The first-order chi connectivity index (χ1) is 9.71. The molecule has 1 atom stereocenters. The molecule has 0 N–H and O–H groups in total. The molecule has 0 bridgehead atoms. The van der Waals surface area contributed by atoms with Crippen LogP contribution in [0, 0.1) is 11.3 Å². The van der Waals surface area contributed by atoms with Gasteiger partial charge < -0.3 is 24.2 Å². The number of hydrogen-bond donors (Lipinski definition) is 0. The van der Waals surface area contributed by atoms with E-state index in [1.54, 1.807) is 18.2 Å². The predicted octanol–water partition coefficient (Wildman–Crippen LogP) is 2.79. The molecular weight excluding hydrogens is 262 g/mol. The smallest absolute Gasteiger partial charge is 0.335 e. The third-order valence-corrected chi connectivity index (χ3v) is 2.54. The summed E-state index contributed by atoms with van der Waals surface area (Å²) in [6.45, 7) is 3.80. The van der Waals surface area contributed by atoms with Crippen molar-refractivity contribution in [3.63, 3.8) is 0 Å². The maximum absolute atomic E-state index is 10.4. The quantitative estimate of drug-likeness (QED) is 0.567. The average molecular weight is 279 g/mol. The van der Waals surface area contributed by atoms with Gasteiger partial charge in [-0.25, -0.2) is 0 Å². The number of hydrogen-bond acceptors (Lipinski definition) is 5. The van der Waals surface area contributed by atoms with E-state index in [0.717, 1.165) is 0 Å². The van der Waals surface area contributed by atoms with Gasteiger partial charge in [-0.05, 0) is 12.1 Å². The van der Waals surface area contributed by atoms with Crippen LogP contribution in [0.5, 0.6) is 17.2 Å². The molecule has 0 aliphatic rings. The molecule has 6 heteroatoms. The van der Waals surface area contributed by atoms with Crippen LogP contribution in [-0.4, -0.2) is 27.9 Å². The highest BCUT2D eigenvalue weighted by Crippen LogP contribution is 2.40. The standard InChI is InChI=1S/C14H17NO5/c1-5-6-20-13(9-15-16)10-7-11(17-2)14(19-4)12(8-10)18-3/h5,7-8,13H,1,6H2,2-4H3. The number of ether oxygens (including phenoxy) is 4. The van der Waals surface area contributed by atoms with Crippen molar-refractivity contribution in [2.24, 2.45) is 0 Å². The fraction of sp³-hybridized carbons (Fsp3) is 0.357. The van der Waals surface area contributed by atoms with Crippen LogP contribution in [0.3, 0.4) is 0 Å². The Hall–Kier alpha value is -2.39. The lowest BCUT2D eigenvalue weighted by molar-refractivity contribution is 0.116. The van der Waals surface area contributed by atoms with Gasteiger partial charge in [0.2, 0.25) is 11.9 Å². The fourth-order valence-corrected chi connectivity index (χ4v) is 1.67. The van der Waals surface area contributed by atoms with Gasteiger partial charge in [-0.3, -0.25) is 0 Å². The normalized spacial score (nSPS) is 10.9. The lowest BCUT2D eigenvalue weighted by atomic mass is 10.1. The monoisotopic (exact) mass is 279 g/mol. The zero-order valence-corrected chi connectivity index (χ0v) is 11.7. The van der Waals surface area contributed by atoms with Gasteiger partial charge in [-0.1, -0.05) is 6.08 Å². The van der Waals surface area contributed by atoms with Gasteiger partial charge in [0.05, 0.1) is 27.9 Å². The summed E-state index contributed by atoms with van der Waals surface area (Å²) in [5.74, 6) is 1.38. The molecule has 0 radical (unpaired) electrons. The molecule has 1 aromatic rings. The van der Waals surface area contributed by atoms with E-state index in [2.05, 4.69) is 17.7 Å². The fourth-order valence-electron chi connectivity index (χ4n) is 1.67. The summed E-state index contributed by atoms with van der Waals surface area (Å²) >= 11 is 0. The van der Waals surface area contributed by atoms with E-state index >= 15 is 0 Å². The summed E-state index contributed by atoms with van der Waals surface area (Å²) in [4.78, 5) is 0. The lowest BCUT2D eigenvalue weighted by Gasteiger charge is -2.15. The van der Waals surface area contributed by atoms with E-state index in [9.17, 15) is 5.21 Å². The minimum absolute atomic E-state index is 0.254. The Balaban J connectivity index is 3.26. The Bertz CT molecular complexity index is 493. The first kappa shape index (κ1) is 15.7. The van der Waals surface area contributed by atoms with Gasteiger partial charge in [0.1, 0.15) is 0 Å². The Labute approximate surface area is 117 Å². The highest BCUT2D eigenvalue weighted by molar-refractivity contribution is 5.54. The highest BCUT2D eigenvalue weighted by atomic mass is 16.5. The number of nitrogens with zero attached hydrogens (tertiary/aromatic N) is 1. The van der Waals surface area contributed by atoms with Crippen LogP contribution in [0.1, 0.15) is 11.7 Å². The molecule has 0 amide bonds. The summed E-state index contributed by atoms with van der Waals surface area (Å²) in [6, 6.07) is 5.67. The highest BCUT2D eigenvalue weighted by Gasteiger charge is 2.21. The van der Waals surface area contributed by atoms with Crippen molar-refractivity contribution in [2.45, 2.75) is 6.10 Å². The molecule has 0 aliphatic heterocycles. The Morgan fingerprint density at radius 2 is 1.85 bits per heavy atom. The second-order valence-corrected chi connectivity index (χ2v) is 3.68. The van der Waals surface area contributed by atoms with E-state index < -0.39 is 6.10 Å². The van der Waals surface area contributed by atoms with Gasteiger partial charge >= 0.3 is 6.07 Å². The van der Waals surface area contributed by atoms with Crippen LogP contribution in [0.4, 0.5) is 0 Å². The third-order valence-electron chi connectivity index (χ3n) is 2.54. The molecule has 0 aliphatic carbocycles. The van der Waals surface area contributed by atoms with Gasteiger partial charge in [0, 0.05) is 10.6 Å². The Kier molecular flexibility index (Phi) is 6.20. The molecule has 108 valence electrons. The Morgan fingerprint density at radius 3 is 2.25 bits per heavy atom. The van der Waals surface area contributed by atoms with Crippen molar-refractivity contribution < 1.29 is 18.9 Å². The molecule has 0 fully saturated rings. The molecule has 0 spiro atoms. The molecule has 0 heterocycles. The average Bonchev–Trinajstić information content (AvgIpc) is 2.49. The van der Waals surface area contributed by atoms with Crippen LogP contribution in [0.2, 0.25) is 0 Å². The van der Waals surface area contributed by atoms with Crippen molar-refractivity contribution in [1.29, 1.82) is 0 Å². The first-order valence-electron chi connectivity index (χ1n) is 5.82. The number of benzene rings is 1. The first-order valence-corrected chi connectivity index (χ1v) is 5.82. The van der Waals surface area contributed by atoms with Crippen molar-refractivity contribution in [2.75, 3.05) is 27.9 Å². The van der Waals surface area contributed by atoms with Crippen molar-refractivity contribution in [3.8, 4) is 23.3 Å². The van der Waals surface area contributed by atoms with Crippen molar-refractivity contribution in [3.05, 3.63) is 40.6 Å². The zero-order valence-electron chi connectivity index (χ0n) is 11.7. The maximum Gasteiger partial charge on any atom is 0.335 e. The van der Waals surface area contributed by atoms with Crippen LogP contribution in [0.25, 0.3) is 5.01 Å². The summed E-state index contributed by atoms with van der Waals surface area (Å²) in [6.07, 6.45) is 0.830. The molecule has 1 aromatic carbocycles. The molecule has 0 aromatic heterocycles. The van der Waals surface area contributed by atoms with Gasteiger partial charge in [-0.15, -0.1) is 6.58 Å². The number of rotatable bonds is 7. The topological polar surface area (TPSA) is 64.3 Å². The predicted molar refractivity (Wildman–Crippen MR) is 75.6 cm³/mol. The Morgan fingerprint density at radius 1 is 1.25 bits per heavy atom. The van der Waals surface area contributed by atoms with Crippen molar-refractivity contribution in [1.82, 2.24) is 0 Å². The van der Waals surface area contributed by atoms with E-state index in [1.807, 2.05) is 0 Å². The van der Waals surface area contributed by atoms with Crippen LogP contribution >= 0.6 is 0 Å². The SMILES string of the molecule is C=CCOC(C#[N+][O-])c1cc(OC)c(OC)c(OC)c1. The zero-order chi connectivity index (χ0) is 15.0. The summed E-state index contributed by atoms with van der Waals surface area (Å²) in [7, 11) is 4.52.